The summed E-state index contributed by atoms with van der Waals surface area (Å²) in [5.74, 6) is 1.14. The van der Waals surface area contributed by atoms with E-state index in [4.69, 9.17) is 13.9 Å². The summed E-state index contributed by atoms with van der Waals surface area (Å²) >= 11 is 0. The first-order valence-corrected chi connectivity index (χ1v) is 8.41. The zero-order valence-corrected chi connectivity index (χ0v) is 15.6. The fraction of sp³-hybridized carbons (Fsp3) is 0.238. The number of carbonyl (C=O) groups excluding carboxylic acids is 1. The number of benzene rings is 2. The molecule has 0 N–H and O–H groups in total. The zero-order chi connectivity index (χ0) is 19.6. The second-order valence-corrected chi connectivity index (χ2v) is 6.03. The summed E-state index contributed by atoms with van der Waals surface area (Å²) < 4.78 is 21.2. The lowest BCUT2D eigenvalue weighted by molar-refractivity contribution is -0.147. The van der Waals surface area contributed by atoms with Crippen LogP contribution in [0.15, 0.2) is 51.7 Å². The van der Waals surface area contributed by atoms with Gasteiger partial charge < -0.3 is 18.6 Å². The van der Waals surface area contributed by atoms with E-state index in [1.165, 1.54) is 7.11 Å². The molecule has 0 saturated carbocycles. The van der Waals surface area contributed by atoms with Crippen molar-refractivity contribution in [3.05, 3.63) is 58.4 Å². The van der Waals surface area contributed by atoms with Gasteiger partial charge in [0, 0.05) is 6.07 Å². The van der Waals surface area contributed by atoms with Gasteiger partial charge in [0.05, 0.1) is 25.2 Å². The Morgan fingerprint density at radius 3 is 2.33 bits per heavy atom. The van der Waals surface area contributed by atoms with Crippen LogP contribution >= 0.6 is 0 Å². The van der Waals surface area contributed by atoms with Crippen LogP contribution < -0.4 is 14.9 Å². The van der Waals surface area contributed by atoms with Crippen LogP contribution in [0.5, 0.6) is 11.5 Å². The number of methoxy groups -OCH3 is 2. The van der Waals surface area contributed by atoms with Crippen LogP contribution in [-0.4, -0.2) is 26.3 Å². The largest absolute Gasteiger partial charge is 0.497 e. The van der Waals surface area contributed by atoms with Crippen LogP contribution in [-0.2, 0) is 9.53 Å². The van der Waals surface area contributed by atoms with E-state index < -0.39 is 12.1 Å². The van der Waals surface area contributed by atoms with Crippen molar-refractivity contribution in [2.45, 2.75) is 20.0 Å². The quantitative estimate of drug-likeness (QED) is 0.639. The van der Waals surface area contributed by atoms with Crippen molar-refractivity contribution >= 4 is 16.9 Å². The SMILES string of the molecule is COC(=O)[C@@H](C)Oc1ccc2c(=O)c(-c3ccc(OC)cc3)c(C)oc2c1. The van der Waals surface area contributed by atoms with Crippen LogP contribution in [0, 0.1) is 6.92 Å². The molecule has 3 rings (SSSR count). The van der Waals surface area contributed by atoms with E-state index in [1.807, 2.05) is 12.1 Å². The van der Waals surface area contributed by atoms with Gasteiger partial charge in [-0.15, -0.1) is 0 Å². The zero-order valence-electron chi connectivity index (χ0n) is 15.6. The molecule has 3 aromatic rings. The third-order valence-electron chi connectivity index (χ3n) is 4.26. The van der Waals surface area contributed by atoms with E-state index in [-0.39, 0.29) is 5.43 Å². The van der Waals surface area contributed by atoms with Crippen molar-refractivity contribution in [3.8, 4) is 22.6 Å². The van der Waals surface area contributed by atoms with Crippen LogP contribution in [0.4, 0.5) is 0 Å². The normalized spacial score (nSPS) is 11.9. The highest BCUT2D eigenvalue weighted by Crippen LogP contribution is 2.27. The maximum Gasteiger partial charge on any atom is 0.346 e. The number of hydrogen-bond donors (Lipinski definition) is 0. The van der Waals surface area contributed by atoms with Gasteiger partial charge in [0.25, 0.3) is 0 Å². The van der Waals surface area contributed by atoms with Gasteiger partial charge >= 0.3 is 5.97 Å². The Balaban J connectivity index is 2.03. The Labute approximate surface area is 156 Å². The second-order valence-electron chi connectivity index (χ2n) is 6.03. The molecule has 0 saturated heterocycles. The predicted octanol–water partition coefficient (Wildman–Crippen LogP) is 3.72. The fourth-order valence-corrected chi connectivity index (χ4v) is 2.87. The Bertz CT molecular complexity index is 1030. The smallest absolute Gasteiger partial charge is 0.346 e. The molecular formula is C21H20O6. The average Bonchev–Trinajstić information content (AvgIpc) is 2.67. The fourth-order valence-electron chi connectivity index (χ4n) is 2.87. The minimum absolute atomic E-state index is 0.133. The van der Waals surface area contributed by atoms with Gasteiger partial charge in [-0.3, -0.25) is 4.79 Å². The number of fused-ring (bicyclic) bond motifs is 1. The molecule has 1 atom stereocenters. The van der Waals surface area contributed by atoms with Crippen molar-refractivity contribution in [2.24, 2.45) is 0 Å². The Morgan fingerprint density at radius 2 is 1.70 bits per heavy atom. The molecular weight excluding hydrogens is 348 g/mol. The van der Waals surface area contributed by atoms with E-state index in [9.17, 15) is 9.59 Å². The summed E-state index contributed by atoms with van der Waals surface area (Å²) in [5.41, 5.74) is 1.51. The van der Waals surface area contributed by atoms with Gasteiger partial charge in [-0.25, -0.2) is 4.79 Å². The monoisotopic (exact) mass is 368 g/mol. The number of rotatable bonds is 5. The number of hydrogen-bond acceptors (Lipinski definition) is 6. The molecule has 1 aromatic heterocycles. The minimum Gasteiger partial charge on any atom is -0.497 e. The van der Waals surface area contributed by atoms with Crippen molar-refractivity contribution in [1.82, 2.24) is 0 Å². The Kier molecular flexibility index (Phi) is 5.16. The molecule has 1 heterocycles. The molecule has 0 aliphatic rings. The maximum absolute atomic E-state index is 13.0. The molecule has 0 amide bonds. The molecule has 6 heteroatoms. The van der Waals surface area contributed by atoms with E-state index in [0.717, 1.165) is 5.56 Å². The average molecular weight is 368 g/mol. The second kappa shape index (κ2) is 7.53. The van der Waals surface area contributed by atoms with E-state index >= 15 is 0 Å². The molecule has 0 aliphatic heterocycles. The molecule has 0 radical (unpaired) electrons. The molecule has 0 fully saturated rings. The highest BCUT2D eigenvalue weighted by Gasteiger charge is 2.17. The third-order valence-corrected chi connectivity index (χ3v) is 4.26. The molecule has 27 heavy (non-hydrogen) atoms. The topological polar surface area (TPSA) is 75.0 Å². The number of carbonyl (C=O) groups is 1. The van der Waals surface area contributed by atoms with Gasteiger partial charge in [-0.1, -0.05) is 12.1 Å². The molecule has 0 unspecified atom stereocenters. The highest BCUT2D eigenvalue weighted by molar-refractivity contribution is 5.84. The van der Waals surface area contributed by atoms with Gasteiger partial charge in [-0.05, 0) is 43.7 Å². The van der Waals surface area contributed by atoms with Crippen LogP contribution in [0.2, 0.25) is 0 Å². The van der Waals surface area contributed by atoms with E-state index in [1.54, 1.807) is 51.3 Å². The molecule has 0 aliphatic carbocycles. The lowest BCUT2D eigenvalue weighted by Gasteiger charge is -2.13. The summed E-state index contributed by atoms with van der Waals surface area (Å²) in [4.78, 5) is 24.5. The summed E-state index contributed by atoms with van der Waals surface area (Å²) in [7, 11) is 2.89. The van der Waals surface area contributed by atoms with Gasteiger partial charge in [-0.2, -0.15) is 0 Å². The summed E-state index contributed by atoms with van der Waals surface area (Å²) in [5, 5.41) is 0.435. The maximum atomic E-state index is 13.0. The molecule has 0 bridgehead atoms. The lowest BCUT2D eigenvalue weighted by atomic mass is 10.0. The highest BCUT2D eigenvalue weighted by atomic mass is 16.6. The summed E-state index contributed by atoms with van der Waals surface area (Å²) in [6.45, 7) is 3.33. The molecule has 6 nitrogen and oxygen atoms in total. The van der Waals surface area contributed by atoms with Crippen molar-refractivity contribution in [2.75, 3.05) is 14.2 Å². The summed E-state index contributed by atoms with van der Waals surface area (Å²) in [6, 6.07) is 12.1. The third kappa shape index (κ3) is 3.65. The first-order valence-electron chi connectivity index (χ1n) is 8.41. The van der Waals surface area contributed by atoms with Crippen LogP contribution in [0.25, 0.3) is 22.1 Å². The number of ether oxygens (including phenoxy) is 3. The molecule has 140 valence electrons. The van der Waals surface area contributed by atoms with Gasteiger partial charge in [0.2, 0.25) is 5.43 Å². The molecule has 0 spiro atoms. The van der Waals surface area contributed by atoms with Gasteiger partial charge in [0.1, 0.15) is 22.8 Å². The lowest BCUT2D eigenvalue weighted by Crippen LogP contribution is -2.24. The van der Waals surface area contributed by atoms with Crippen molar-refractivity contribution in [1.29, 1.82) is 0 Å². The van der Waals surface area contributed by atoms with E-state index in [0.29, 0.717) is 33.8 Å². The first-order chi connectivity index (χ1) is 12.9. The summed E-state index contributed by atoms with van der Waals surface area (Å²) in [6.07, 6.45) is -0.765. The van der Waals surface area contributed by atoms with Crippen molar-refractivity contribution < 1.29 is 23.4 Å². The number of esters is 1. The van der Waals surface area contributed by atoms with Crippen LogP contribution in [0.3, 0.4) is 0 Å². The van der Waals surface area contributed by atoms with Crippen molar-refractivity contribution in [3.63, 3.8) is 0 Å². The van der Waals surface area contributed by atoms with Gasteiger partial charge in [0.15, 0.2) is 6.10 Å². The molecule has 2 aromatic carbocycles. The van der Waals surface area contributed by atoms with E-state index in [2.05, 4.69) is 4.74 Å². The minimum atomic E-state index is -0.765. The predicted molar refractivity (Wildman–Crippen MR) is 101 cm³/mol. The first kappa shape index (κ1) is 18.5. The standard InChI is InChI=1S/C21H20O6/c1-12-19(14-5-7-15(24-3)8-6-14)20(22)17-10-9-16(11-18(17)27-12)26-13(2)21(23)25-4/h5-11,13H,1-4H3/t13-/m1/s1. The van der Waals surface area contributed by atoms with Crippen LogP contribution in [0.1, 0.15) is 12.7 Å². The number of aryl methyl sites for hydroxylation is 1. The Hall–Kier alpha value is -3.28. The Morgan fingerprint density at radius 1 is 1.04 bits per heavy atom.